The number of aliphatic imine (C=N–C) groups is 1. The van der Waals surface area contributed by atoms with Crippen molar-refractivity contribution in [2.45, 2.75) is 12.8 Å². The highest BCUT2D eigenvalue weighted by atomic mass is 14.8. The van der Waals surface area contributed by atoms with Crippen LogP contribution in [0.3, 0.4) is 0 Å². The fourth-order valence-electron chi connectivity index (χ4n) is 1.92. The Labute approximate surface area is 94.4 Å². The number of pyridine rings is 1. The van der Waals surface area contributed by atoms with Crippen molar-refractivity contribution in [1.29, 1.82) is 0 Å². The maximum absolute atomic E-state index is 4.63. The quantitative estimate of drug-likeness (QED) is 0.705. The number of fused-ring (bicyclic) bond motifs is 1. The number of aromatic nitrogens is 1. The van der Waals surface area contributed by atoms with E-state index in [-0.39, 0.29) is 0 Å². The van der Waals surface area contributed by atoms with Crippen LogP contribution in [0, 0.1) is 0 Å². The van der Waals surface area contributed by atoms with Gasteiger partial charge in [0.25, 0.3) is 0 Å². The van der Waals surface area contributed by atoms with Gasteiger partial charge in [0.1, 0.15) is 0 Å². The molecule has 0 fully saturated rings. The lowest BCUT2D eigenvalue weighted by molar-refractivity contribution is 1.05. The molecule has 16 heavy (non-hydrogen) atoms. The molecular weight excluding hydrogens is 196 g/mol. The molecule has 1 aromatic carbocycles. The molecule has 0 unspecified atom stereocenters. The van der Waals surface area contributed by atoms with Crippen molar-refractivity contribution in [1.82, 2.24) is 4.98 Å². The summed E-state index contributed by atoms with van der Waals surface area (Å²) in [4.78, 5) is 9.01. The number of para-hydroxylation sites is 1. The number of hydrogen-bond acceptors (Lipinski definition) is 2. The Hall–Kier alpha value is -1.96. The van der Waals surface area contributed by atoms with Crippen LogP contribution < -0.4 is 0 Å². The first-order valence-electron chi connectivity index (χ1n) is 5.51. The minimum absolute atomic E-state index is 0.988. The van der Waals surface area contributed by atoms with Crippen molar-refractivity contribution >= 4 is 16.6 Å². The van der Waals surface area contributed by atoms with Gasteiger partial charge in [-0.05, 0) is 25.0 Å². The lowest BCUT2D eigenvalue weighted by Gasteiger charge is -2.07. The molecule has 0 atom stereocenters. The average Bonchev–Trinajstić information content (AvgIpc) is 2.39. The average molecular weight is 208 g/mol. The van der Waals surface area contributed by atoms with Gasteiger partial charge in [-0.15, -0.1) is 0 Å². The first kappa shape index (κ1) is 9.28. The Kier molecular flexibility index (Phi) is 2.26. The van der Waals surface area contributed by atoms with Gasteiger partial charge in [-0.1, -0.05) is 30.3 Å². The summed E-state index contributed by atoms with van der Waals surface area (Å²) in [7, 11) is 0. The molecule has 0 bridgehead atoms. The Morgan fingerprint density at radius 1 is 1.00 bits per heavy atom. The zero-order valence-corrected chi connectivity index (χ0v) is 8.93. The maximum atomic E-state index is 4.63. The molecule has 2 nitrogen and oxygen atoms in total. The van der Waals surface area contributed by atoms with Gasteiger partial charge in [0.15, 0.2) is 0 Å². The van der Waals surface area contributed by atoms with E-state index < -0.39 is 0 Å². The molecule has 0 aliphatic carbocycles. The van der Waals surface area contributed by atoms with Crippen LogP contribution in [0.15, 0.2) is 53.7 Å². The Morgan fingerprint density at radius 2 is 1.94 bits per heavy atom. The van der Waals surface area contributed by atoms with Gasteiger partial charge >= 0.3 is 0 Å². The molecule has 2 aromatic rings. The molecule has 2 heterocycles. The number of rotatable bonds is 1. The zero-order valence-electron chi connectivity index (χ0n) is 8.93. The van der Waals surface area contributed by atoms with E-state index in [9.17, 15) is 0 Å². The van der Waals surface area contributed by atoms with Crippen LogP contribution in [-0.4, -0.2) is 10.7 Å². The Bertz CT molecular complexity index is 582. The minimum Gasteiger partial charge on any atom is -0.259 e. The third-order valence-electron chi connectivity index (χ3n) is 2.78. The van der Waals surface area contributed by atoms with E-state index in [0.717, 1.165) is 29.8 Å². The molecule has 1 aromatic heterocycles. The van der Waals surface area contributed by atoms with E-state index in [1.165, 1.54) is 5.39 Å². The second kappa shape index (κ2) is 3.89. The van der Waals surface area contributed by atoms with Gasteiger partial charge in [0, 0.05) is 11.6 Å². The smallest absolute Gasteiger partial charge is 0.0852 e. The molecule has 0 N–H and O–H groups in total. The number of allylic oxidation sites excluding steroid dienone is 1. The van der Waals surface area contributed by atoms with Crippen LogP contribution in [0.4, 0.5) is 0 Å². The third-order valence-corrected chi connectivity index (χ3v) is 2.78. The van der Waals surface area contributed by atoms with Crippen LogP contribution >= 0.6 is 0 Å². The van der Waals surface area contributed by atoms with Gasteiger partial charge in [0.2, 0.25) is 0 Å². The monoisotopic (exact) mass is 208 g/mol. The second-order valence-electron chi connectivity index (χ2n) is 3.89. The van der Waals surface area contributed by atoms with E-state index in [4.69, 9.17) is 0 Å². The van der Waals surface area contributed by atoms with E-state index in [1.807, 2.05) is 24.4 Å². The van der Waals surface area contributed by atoms with Crippen LogP contribution in [-0.2, 0) is 0 Å². The highest BCUT2D eigenvalue weighted by molar-refractivity contribution is 6.01. The SMILES string of the molecule is C1=CN=C(c2ccc3ccccc3n2)CC1. The van der Waals surface area contributed by atoms with Crippen LogP contribution in [0.1, 0.15) is 18.5 Å². The van der Waals surface area contributed by atoms with Gasteiger partial charge in [-0.25, -0.2) is 4.98 Å². The van der Waals surface area contributed by atoms with E-state index in [0.29, 0.717) is 0 Å². The molecule has 1 aliphatic heterocycles. The summed E-state index contributed by atoms with van der Waals surface area (Å²) in [5.41, 5.74) is 3.13. The highest BCUT2D eigenvalue weighted by Crippen LogP contribution is 2.15. The number of benzene rings is 1. The van der Waals surface area contributed by atoms with Gasteiger partial charge in [-0.3, -0.25) is 4.99 Å². The van der Waals surface area contributed by atoms with E-state index >= 15 is 0 Å². The lowest BCUT2D eigenvalue weighted by Crippen LogP contribution is -2.05. The summed E-state index contributed by atoms with van der Waals surface area (Å²) in [5, 5.41) is 1.18. The zero-order chi connectivity index (χ0) is 10.8. The van der Waals surface area contributed by atoms with Gasteiger partial charge in [0.05, 0.1) is 16.9 Å². The second-order valence-corrected chi connectivity index (χ2v) is 3.89. The van der Waals surface area contributed by atoms with Crippen LogP contribution in [0.2, 0.25) is 0 Å². The fraction of sp³-hybridized carbons (Fsp3) is 0.143. The number of nitrogens with zero attached hydrogens (tertiary/aromatic N) is 2. The molecular formula is C14H12N2. The van der Waals surface area contributed by atoms with Gasteiger partial charge < -0.3 is 0 Å². The summed E-state index contributed by atoms with van der Waals surface area (Å²) in [5.74, 6) is 0. The Morgan fingerprint density at radius 3 is 2.81 bits per heavy atom. The third kappa shape index (κ3) is 1.63. The molecule has 0 saturated heterocycles. The molecule has 1 aliphatic rings. The normalized spacial score (nSPS) is 15.1. The first-order chi connectivity index (χ1) is 7.93. The van der Waals surface area contributed by atoms with Crippen LogP contribution in [0.25, 0.3) is 10.9 Å². The van der Waals surface area contributed by atoms with E-state index in [1.54, 1.807) is 0 Å². The lowest BCUT2D eigenvalue weighted by atomic mass is 10.1. The maximum Gasteiger partial charge on any atom is 0.0852 e. The predicted octanol–water partition coefficient (Wildman–Crippen LogP) is 3.33. The van der Waals surface area contributed by atoms with Crippen molar-refractivity contribution in [2.24, 2.45) is 4.99 Å². The summed E-state index contributed by atoms with van der Waals surface area (Å²) in [6.07, 6.45) is 6.01. The minimum atomic E-state index is 0.988. The predicted molar refractivity (Wildman–Crippen MR) is 66.7 cm³/mol. The highest BCUT2D eigenvalue weighted by Gasteiger charge is 2.06. The van der Waals surface area contributed by atoms with E-state index in [2.05, 4.69) is 34.3 Å². The molecule has 3 rings (SSSR count). The van der Waals surface area contributed by atoms with Crippen LogP contribution in [0.5, 0.6) is 0 Å². The molecule has 0 saturated carbocycles. The molecule has 2 heteroatoms. The number of hydrogen-bond donors (Lipinski definition) is 0. The summed E-state index contributed by atoms with van der Waals surface area (Å²) < 4.78 is 0. The summed E-state index contributed by atoms with van der Waals surface area (Å²) in [6, 6.07) is 12.3. The van der Waals surface area contributed by atoms with Crippen molar-refractivity contribution < 1.29 is 0 Å². The van der Waals surface area contributed by atoms with Gasteiger partial charge in [-0.2, -0.15) is 0 Å². The van der Waals surface area contributed by atoms with Crippen molar-refractivity contribution in [3.8, 4) is 0 Å². The molecule has 0 spiro atoms. The molecule has 0 radical (unpaired) electrons. The topological polar surface area (TPSA) is 25.2 Å². The van der Waals surface area contributed by atoms with Crippen molar-refractivity contribution in [3.05, 3.63) is 54.4 Å². The first-order valence-corrected chi connectivity index (χ1v) is 5.51. The standard InChI is InChI=1S/C14H12N2/c1-2-6-12-11(5-1)8-9-14(16-12)13-7-3-4-10-15-13/h1-2,4-6,8-10H,3,7H2. The molecule has 0 amide bonds. The summed E-state index contributed by atoms with van der Waals surface area (Å²) in [6.45, 7) is 0. The Balaban J connectivity index is 2.11. The largest absolute Gasteiger partial charge is 0.259 e. The van der Waals surface area contributed by atoms with Crippen molar-refractivity contribution in [3.63, 3.8) is 0 Å². The van der Waals surface area contributed by atoms with Crippen molar-refractivity contribution in [2.75, 3.05) is 0 Å². The fourth-order valence-corrected chi connectivity index (χ4v) is 1.92. The molecule has 78 valence electrons. The summed E-state index contributed by atoms with van der Waals surface area (Å²) >= 11 is 0.